The van der Waals surface area contributed by atoms with Crippen molar-refractivity contribution in [2.24, 2.45) is 0 Å². The summed E-state index contributed by atoms with van der Waals surface area (Å²) >= 11 is 0. The number of hydrogen-bond acceptors (Lipinski definition) is 3. The standard InChI is InChI=1S/C60H42N4/c1-60(2)52-30-11-9-26-51(52)55-48(27-16-31-53(55)60)50-29-15-28-49-47-25-10-12-32-54(47)64(56(49)50)46-24-14-22-44(38-46)43-21-13-23-45(37-43)59-62-57(41-19-7-4-8-20-41)61-58(63-59)42-35-33-40(34-36-42)39-17-5-3-6-18-39/h3-38H,1-2H3. The smallest absolute Gasteiger partial charge is 0.164 e. The highest BCUT2D eigenvalue weighted by Crippen LogP contribution is 2.53. The van der Waals surface area contributed by atoms with Gasteiger partial charge in [0.15, 0.2) is 17.5 Å². The first-order valence-corrected chi connectivity index (χ1v) is 21.9. The highest BCUT2D eigenvalue weighted by atomic mass is 15.0. The van der Waals surface area contributed by atoms with E-state index in [-0.39, 0.29) is 5.41 Å². The largest absolute Gasteiger partial charge is 0.309 e. The van der Waals surface area contributed by atoms with Crippen LogP contribution < -0.4 is 0 Å². The van der Waals surface area contributed by atoms with Gasteiger partial charge in [0.05, 0.1) is 11.0 Å². The minimum Gasteiger partial charge on any atom is -0.309 e. The van der Waals surface area contributed by atoms with Gasteiger partial charge in [-0.1, -0.05) is 208 Å². The maximum Gasteiger partial charge on any atom is 0.164 e. The lowest BCUT2D eigenvalue weighted by atomic mass is 9.82. The van der Waals surface area contributed by atoms with Crippen molar-refractivity contribution >= 4 is 21.8 Å². The summed E-state index contributed by atoms with van der Waals surface area (Å²) in [5.74, 6) is 1.90. The monoisotopic (exact) mass is 818 g/mol. The van der Waals surface area contributed by atoms with Gasteiger partial charge in [-0.3, -0.25) is 0 Å². The molecule has 0 fully saturated rings. The van der Waals surface area contributed by atoms with Crippen molar-refractivity contribution in [2.45, 2.75) is 19.3 Å². The van der Waals surface area contributed by atoms with Crippen molar-refractivity contribution in [3.05, 3.63) is 230 Å². The topological polar surface area (TPSA) is 43.6 Å². The summed E-state index contributed by atoms with van der Waals surface area (Å²) in [5.41, 5.74) is 18.6. The van der Waals surface area contributed by atoms with Crippen LogP contribution >= 0.6 is 0 Å². The van der Waals surface area contributed by atoms with Crippen LogP contribution in [0.3, 0.4) is 0 Å². The van der Waals surface area contributed by atoms with Gasteiger partial charge in [0, 0.05) is 44.1 Å². The normalized spacial score (nSPS) is 12.7. The van der Waals surface area contributed by atoms with Gasteiger partial charge in [0.1, 0.15) is 0 Å². The molecule has 0 bridgehead atoms. The van der Waals surface area contributed by atoms with E-state index in [9.17, 15) is 0 Å². The molecule has 12 rings (SSSR count). The van der Waals surface area contributed by atoms with Crippen molar-refractivity contribution in [1.29, 1.82) is 0 Å². The van der Waals surface area contributed by atoms with Crippen LogP contribution in [-0.4, -0.2) is 19.5 Å². The number of fused-ring (bicyclic) bond motifs is 6. The number of para-hydroxylation sites is 2. The highest BCUT2D eigenvalue weighted by molar-refractivity contribution is 6.15. The van der Waals surface area contributed by atoms with E-state index in [1.807, 2.05) is 36.4 Å². The molecule has 0 unspecified atom stereocenters. The molecule has 4 heteroatoms. The quantitative estimate of drug-likeness (QED) is 0.161. The molecule has 0 aliphatic heterocycles. The average Bonchev–Trinajstić information content (AvgIpc) is 3.83. The molecule has 2 heterocycles. The summed E-state index contributed by atoms with van der Waals surface area (Å²) in [5, 5.41) is 2.47. The lowest BCUT2D eigenvalue weighted by Crippen LogP contribution is -2.14. The molecule has 2 aromatic heterocycles. The molecule has 0 saturated heterocycles. The minimum absolute atomic E-state index is 0.0917. The predicted molar refractivity (Wildman–Crippen MR) is 264 cm³/mol. The molecule has 0 saturated carbocycles. The Kier molecular flexibility index (Phi) is 8.80. The third kappa shape index (κ3) is 6.18. The Bertz CT molecular complexity index is 3570. The minimum atomic E-state index is -0.0917. The first-order valence-electron chi connectivity index (χ1n) is 21.9. The van der Waals surface area contributed by atoms with Crippen LogP contribution in [0.4, 0.5) is 0 Å². The number of benzene rings is 9. The van der Waals surface area contributed by atoms with Crippen molar-refractivity contribution in [3.63, 3.8) is 0 Å². The maximum absolute atomic E-state index is 5.12. The molecule has 0 N–H and O–H groups in total. The number of aromatic nitrogens is 4. The summed E-state index contributed by atoms with van der Waals surface area (Å²) in [4.78, 5) is 15.2. The molecule has 1 aliphatic carbocycles. The summed E-state index contributed by atoms with van der Waals surface area (Å²) in [6.07, 6.45) is 0. The van der Waals surface area contributed by atoms with Crippen LogP contribution in [-0.2, 0) is 5.41 Å². The second-order valence-corrected chi connectivity index (χ2v) is 17.2. The second kappa shape index (κ2) is 15.0. The maximum atomic E-state index is 5.12. The van der Waals surface area contributed by atoms with E-state index < -0.39 is 0 Å². The Balaban J connectivity index is 0.985. The lowest BCUT2D eigenvalue weighted by Gasteiger charge is -2.21. The number of nitrogens with zero attached hydrogens (tertiary/aromatic N) is 4. The highest BCUT2D eigenvalue weighted by Gasteiger charge is 2.37. The molecule has 64 heavy (non-hydrogen) atoms. The zero-order valence-corrected chi connectivity index (χ0v) is 35.6. The van der Waals surface area contributed by atoms with Crippen molar-refractivity contribution in [1.82, 2.24) is 19.5 Å². The van der Waals surface area contributed by atoms with Gasteiger partial charge < -0.3 is 4.57 Å². The zero-order valence-electron chi connectivity index (χ0n) is 35.6. The van der Waals surface area contributed by atoms with E-state index >= 15 is 0 Å². The van der Waals surface area contributed by atoms with Gasteiger partial charge in [-0.05, 0) is 74.3 Å². The van der Waals surface area contributed by atoms with Gasteiger partial charge in [-0.2, -0.15) is 0 Å². The molecular formula is C60H42N4. The van der Waals surface area contributed by atoms with Crippen molar-refractivity contribution in [2.75, 3.05) is 0 Å². The lowest BCUT2D eigenvalue weighted by molar-refractivity contribution is 0.660. The summed E-state index contributed by atoms with van der Waals surface area (Å²) in [6, 6.07) is 77.9. The van der Waals surface area contributed by atoms with Gasteiger partial charge in [0.25, 0.3) is 0 Å². The molecule has 4 nitrogen and oxygen atoms in total. The summed E-state index contributed by atoms with van der Waals surface area (Å²) in [6.45, 7) is 4.71. The molecule has 1 aliphatic rings. The van der Waals surface area contributed by atoms with E-state index in [2.05, 4.69) is 200 Å². The van der Waals surface area contributed by atoms with E-state index in [0.717, 1.165) is 39.1 Å². The van der Waals surface area contributed by atoms with Crippen LogP contribution in [0.15, 0.2) is 218 Å². The first kappa shape index (κ1) is 37.5. The third-order valence-electron chi connectivity index (χ3n) is 13.1. The Morgan fingerprint density at radius 2 is 0.828 bits per heavy atom. The van der Waals surface area contributed by atoms with Crippen LogP contribution in [0.25, 0.3) is 106 Å². The third-order valence-corrected chi connectivity index (χ3v) is 13.1. The van der Waals surface area contributed by atoms with E-state index in [4.69, 9.17) is 15.0 Å². The first-order chi connectivity index (χ1) is 31.5. The van der Waals surface area contributed by atoms with Crippen LogP contribution in [0.1, 0.15) is 25.0 Å². The molecule has 0 spiro atoms. The second-order valence-electron chi connectivity index (χ2n) is 17.2. The molecule has 11 aromatic rings. The van der Waals surface area contributed by atoms with Gasteiger partial charge in [-0.15, -0.1) is 0 Å². The Morgan fingerprint density at radius 3 is 1.61 bits per heavy atom. The van der Waals surface area contributed by atoms with E-state index in [0.29, 0.717) is 17.5 Å². The predicted octanol–water partition coefficient (Wildman–Crippen LogP) is 15.3. The summed E-state index contributed by atoms with van der Waals surface area (Å²) in [7, 11) is 0. The molecular weight excluding hydrogens is 777 g/mol. The average molecular weight is 819 g/mol. The fourth-order valence-electron chi connectivity index (χ4n) is 9.94. The van der Waals surface area contributed by atoms with Gasteiger partial charge in [-0.25, -0.2) is 15.0 Å². The van der Waals surface area contributed by atoms with E-state index in [1.165, 1.54) is 60.8 Å². The molecule has 302 valence electrons. The Labute approximate surface area is 372 Å². The number of rotatable bonds is 7. The summed E-state index contributed by atoms with van der Waals surface area (Å²) < 4.78 is 2.46. The fourth-order valence-corrected chi connectivity index (χ4v) is 9.94. The molecule has 0 atom stereocenters. The van der Waals surface area contributed by atoms with Crippen molar-refractivity contribution in [3.8, 4) is 84.4 Å². The van der Waals surface area contributed by atoms with Crippen LogP contribution in [0.5, 0.6) is 0 Å². The zero-order chi connectivity index (χ0) is 42.8. The Morgan fingerprint density at radius 1 is 0.344 bits per heavy atom. The molecule has 0 amide bonds. The Hall–Kier alpha value is -8.21. The fraction of sp³-hybridized carbons (Fsp3) is 0.0500. The van der Waals surface area contributed by atoms with Gasteiger partial charge in [0.2, 0.25) is 0 Å². The molecule has 9 aromatic carbocycles. The van der Waals surface area contributed by atoms with Gasteiger partial charge >= 0.3 is 0 Å². The van der Waals surface area contributed by atoms with Crippen LogP contribution in [0.2, 0.25) is 0 Å². The van der Waals surface area contributed by atoms with Crippen molar-refractivity contribution < 1.29 is 0 Å². The SMILES string of the molecule is CC1(C)c2ccccc2-c2c(-c3cccc4c5ccccc5n(-c5cccc(-c6cccc(-c7nc(-c8ccccc8)nc(-c8ccc(-c9ccccc9)cc8)n7)c6)c5)c34)cccc21. The molecule has 0 radical (unpaired) electrons. The van der Waals surface area contributed by atoms with Crippen LogP contribution in [0, 0.1) is 0 Å². The van der Waals surface area contributed by atoms with E-state index in [1.54, 1.807) is 0 Å². The number of hydrogen-bond donors (Lipinski definition) is 0.